The Kier molecular flexibility index (Phi) is 3.31. The molecule has 2 N–H and O–H groups in total. The number of rotatable bonds is 2. The van der Waals surface area contributed by atoms with Gasteiger partial charge in [-0.15, -0.1) is 0 Å². The average Bonchev–Trinajstić information content (AvgIpc) is 2.95. The number of anilines is 2. The Balaban J connectivity index is 1.74. The second-order valence-corrected chi connectivity index (χ2v) is 6.02. The van der Waals surface area contributed by atoms with Crippen LogP contribution in [0.5, 0.6) is 0 Å². The minimum absolute atomic E-state index is 0.144. The van der Waals surface area contributed by atoms with Gasteiger partial charge in [0.15, 0.2) is 0 Å². The highest BCUT2D eigenvalue weighted by Crippen LogP contribution is 2.39. The molecule has 6 nitrogen and oxygen atoms in total. The van der Waals surface area contributed by atoms with Crippen LogP contribution in [0.3, 0.4) is 0 Å². The number of carbonyl (C=O) groups excluding carboxylic acids is 3. The maximum absolute atomic E-state index is 13.0. The van der Waals surface area contributed by atoms with Gasteiger partial charge in [-0.05, 0) is 36.4 Å². The molecule has 2 aliphatic heterocycles. The van der Waals surface area contributed by atoms with Crippen LogP contribution in [0.2, 0.25) is 0 Å². The lowest BCUT2D eigenvalue weighted by Gasteiger charge is -2.41. The monoisotopic (exact) mass is 339 g/mol. The van der Waals surface area contributed by atoms with Crippen LogP contribution in [0.4, 0.5) is 15.8 Å². The molecule has 0 radical (unpaired) electrons. The highest BCUT2D eigenvalue weighted by atomic mass is 19.1. The minimum atomic E-state index is -1.48. The van der Waals surface area contributed by atoms with Crippen molar-refractivity contribution in [2.75, 3.05) is 10.2 Å². The lowest BCUT2D eigenvalue weighted by Crippen LogP contribution is -2.68. The fraction of sp³-hybridized carbons (Fsp3) is 0.167. The Morgan fingerprint density at radius 2 is 1.84 bits per heavy atom. The number of carbonyl (C=O) groups is 3. The van der Waals surface area contributed by atoms with Crippen LogP contribution in [0.25, 0.3) is 0 Å². The van der Waals surface area contributed by atoms with E-state index < -0.39 is 23.3 Å². The zero-order valence-corrected chi connectivity index (χ0v) is 13.1. The Morgan fingerprint density at radius 1 is 1.12 bits per heavy atom. The fourth-order valence-electron chi connectivity index (χ4n) is 3.34. The predicted molar refractivity (Wildman–Crippen MR) is 88.4 cm³/mol. The molecule has 7 heteroatoms. The van der Waals surface area contributed by atoms with E-state index in [9.17, 15) is 18.8 Å². The van der Waals surface area contributed by atoms with Crippen molar-refractivity contribution in [2.45, 2.75) is 18.5 Å². The summed E-state index contributed by atoms with van der Waals surface area (Å²) in [5, 5.41) is 5.35. The number of fused-ring (bicyclic) bond motifs is 3. The molecule has 2 aliphatic rings. The van der Waals surface area contributed by atoms with Crippen LogP contribution >= 0.6 is 0 Å². The van der Waals surface area contributed by atoms with Crippen molar-refractivity contribution in [3.63, 3.8) is 0 Å². The molecule has 2 aromatic rings. The first-order valence-electron chi connectivity index (χ1n) is 7.83. The Morgan fingerprint density at radius 3 is 2.60 bits per heavy atom. The smallest absolute Gasteiger partial charge is 0.271 e. The zero-order valence-electron chi connectivity index (χ0n) is 13.1. The van der Waals surface area contributed by atoms with Crippen molar-refractivity contribution in [2.24, 2.45) is 0 Å². The largest absolute Gasteiger partial charge is 0.322 e. The van der Waals surface area contributed by atoms with Crippen LogP contribution in [-0.2, 0) is 9.59 Å². The second kappa shape index (κ2) is 5.41. The van der Waals surface area contributed by atoms with Crippen molar-refractivity contribution in [3.05, 3.63) is 59.9 Å². The third-order valence-electron chi connectivity index (χ3n) is 4.52. The average molecular weight is 339 g/mol. The summed E-state index contributed by atoms with van der Waals surface area (Å²) in [4.78, 5) is 39.2. The van der Waals surface area contributed by atoms with E-state index in [0.717, 1.165) is 0 Å². The Labute approximate surface area is 142 Å². The normalized spacial score (nSPS) is 21.4. The van der Waals surface area contributed by atoms with Crippen molar-refractivity contribution >= 4 is 29.1 Å². The van der Waals surface area contributed by atoms with Gasteiger partial charge in [-0.2, -0.15) is 0 Å². The highest BCUT2D eigenvalue weighted by Gasteiger charge is 2.56. The van der Waals surface area contributed by atoms with Gasteiger partial charge >= 0.3 is 0 Å². The number of hydrogen-bond donors (Lipinski definition) is 2. The predicted octanol–water partition coefficient (Wildman–Crippen LogP) is 2.03. The van der Waals surface area contributed by atoms with E-state index in [4.69, 9.17) is 0 Å². The lowest BCUT2D eigenvalue weighted by molar-refractivity contribution is -0.124. The van der Waals surface area contributed by atoms with Crippen molar-refractivity contribution in [1.82, 2.24) is 5.32 Å². The fourth-order valence-corrected chi connectivity index (χ4v) is 3.34. The summed E-state index contributed by atoms with van der Waals surface area (Å²) in [6.45, 7) is 0. The molecule has 0 bridgehead atoms. The standard InChI is InChI=1S/C18H14FN3O3/c19-11-5-7-12(8-6-11)20-17(25)18-10-9-15(23)22(18)14-4-2-1-3-13(14)16(24)21-18/h1-8H,9-10H2,(H,20,25)(H,21,24)/t18-/m1/s1. The van der Waals surface area contributed by atoms with Crippen LogP contribution in [0, 0.1) is 5.82 Å². The molecule has 0 unspecified atom stereocenters. The lowest BCUT2D eigenvalue weighted by atomic mass is 9.98. The van der Waals surface area contributed by atoms with Crippen LogP contribution in [0.1, 0.15) is 23.2 Å². The Bertz CT molecular complexity index is 897. The maximum atomic E-state index is 13.0. The molecule has 2 heterocycles. The van der Waals surface area contributed by atoms with Gasteiger partial charge < -0.3 is 10.6 Å². The van der Waals surface area contributed by atoms with Crippen molar-refractivity contribution in [3.8, 4) is 0 Å². The van der Waals surface area contributed by atoms with Crippen molar-refractivity contribution < 1.29 is 18.8 Å². The van der Waals surface area contributed by atoms with Gasteiger partial charge in [0.1, 0.15) is 5.82 Å². The Hall–Kier alpha value is -3.22. The van der Waals surface area contributed by atoms with Gasteiger partial charge in [0.25, 0.3) is 11.8 Å². The summed E-state index contributed by atoms with van der Waals surface area (Å²) in [6.07, 6.45) is 0.310. The summed E-state index contributed by atoms with van der Waals surface area (Å²) in [6, 6.07) is 12.0. The molecular formula is C18H14FN3O3. The van der Waals surface area contributed by atoms with Crippen LogP contribution < -0.4 is 15.5 Å². The van der Waals surface area contributed by atoms with Gasteiger partial charge in [-0.25, -0.2) is 4.39 Å². The topological polar surface area (TPSA) is 78.5 Å². The van der Waals surface area contributed by atoms with E-state index in [-0.39, 0.29) is 18.7 Å². The first kappa shape index (κ1) is 15.3. The molecule has 0 aromatic heterocycles. The SMILES string of the molecule is O=C1N[C@]2(C(=O)Nc3ccc(F)cc3)CCC(=O)N2c2ccccc21. The number of halogens is 1. The second-order valence-electron chi connectivity index (χ2n) is 6.02. The molecule has 2 aromatic carbocycles. The quantitative estimate of drug-likeness (QED) is 0.879. The number of para-hydroxylation sites is 1. The molecule has 1 saturated heterocycles. The third-order valence-corrected chi connectivity index (χ3v) is 4.52. The van der Waals surface area contributed by atoms with E-state index >= 15 is 0 Å². The maximum Gasteiger partial charge on any atom is 0.271 e. The van der Waals surface area contributed by atoms with Gasteiger partial charge in [0, 0.05) is 18.5 Å². The molecule has 1 atom stereocenters. The molecule has 3 amide bonds. The molecule has 126 valence electrons. The van der Waals surface area contributed by atoms with Crippen LogP contribution in [-0.4, -0.2) is 23.4 Å². The van der Waals surface area contributed by atoms with Gasteiger partial charge in [0.05, 0.1) is 11.3 Å². The van der Waals surface area contributed by atoms with Crippen molar-refractivity contribution in [1.29, 1.82) is 0 Å². The molecule has 4 rings (SSSR count). The molecule has 0 saturated carbocycles. The van der Waals surface area contributed by atoms with E-state index in [1.54, 1.807) is 24.3 Å². The van der Waals surface area contributed by atoms with E-state index in [1.807, 2.05) is 0 Å². The van der Waals surface area contributed by atoms with E-state index in [0.29, 0.717) is 16.9 Å². The number of nitrogens with one attached hydrogen (secondary N) is 2. The van der Waals surface area contributed by atoms with Gasteiger partial charge in [-0.3, -0.25) is 19.3 Å². The first-order valence-corrected chi connectivity index (χ1v) is 7.83. The number of benzene rings is 2. The van der Waals surface area contributed by atoms with E-state index in [1.165, 1.54) is 29.2 Å². The first-order chi connectivity index (χ1) is 12.0. The minimum Gasteiger partial charge on any atom is -0.322 e. The summed E-state index contributed by atoms with van der Waals surface area (Å²) in [5.41, 5.74) is -0.323. The summed E-state index contributed by atoms with van der Waals surface area (Å²) in [7, 11) is 0. The molecule has 0 aliphatic carbocycles. The summed E-state index contributed by atoms with van der Waals surface area (Å²) < 4.78 is 13.0. The van der Waals surface area contributed by atoms with Gasteiger partial charge in [0.2, 0.25) is 11.6 Å². The number of hydrogen-bond acceptors (Lipinski definition) is 3. The zero-order chi connectivity index (χ0) is 17.6. The van der Waals surface area contributed by atoms with Crippen LogP contribution in [0.15, 0.2) is 48.5 Å². The summed E-state index contributed by atoms with van der Waals surface area (Å²) in [5.74, 6) is -1.60. The molecule has 1 fully saturated rings. The highest BCUT2D eigenvalue weighted by molar-refractivity contribution is 6.18. The molecule has 0 spiro atoms. The van der Waals surface area contributed by atoms with Gasteiger partial charge in [-0.1, -0.05) is 12.1 Å². The molecular weight excluding hydrogens is 325 g/mol. The third kappa shape index (κ3) is 2.27. The number of nitrogens with zero attached hydrogens (tertiary/aromatic N) is 1. The van der Waals surface area contributed by atoms with E-state index in [2.05, 4.69) is 10.6 Å². The number of amides is 3. The molecule has 25 heavy (non-hydrogen) atoms. The summed E-state index contributed by atoms with van der Waals surface area (Å²) >= 11 is 0.